The molecular weight excluding hydrogens is 310 g/mol. The van der Waals surface area contributed by atoms with Gasteiger partial charge in [0.05, 0.1) is 5.25 Å². The van der Waals surface area contributed by atoms with Crippen LogP contribution < -0.4 is 0 Å². The first-order valence-corrected chi connectivity index (χ1v) is 10.4. The summed E-state index contributed by atoms with van der Waals surface area (Å²) in [5.41, 5.74) is 1.26. The van der Waals surface area contributed by atoms with Crippen molar-refractivity contribution in [3.8, 4) is 0 Å². The molecule has 0 aliphatic carbocycles. The van der Waals surface area contributed by atoms with E-state index in [1.165, 1.54) is 11.8 Å². The van der Waals surface area contributed by atoms with E-state index in [9.17, 15) is 13.2 Å². The molecule has 1 amide bonds. The lowest BCUT2D eigenvalue weighted by Crippen LogP contribution is -2.49. The highest BCUT2D eigenvalue weighted by Crippen LogP contribution is 2.38. The molecule has 2 unspecified atom stereocenters. The van der Waals surface area contributed by atoms with Crippen molar-refractivity contribution < 1.29 is 13.2 Å². The smallest absolute Gasteiger partial charge is 0.223 e. The molecule has 2 bridgehead atoms. The molecule has 2 atom stereocenters. The average molecular weight is 335 g/mol. The summed E-state index contributed by atoms with van der Waals surface area (Å²) in [5, 5.41) is -0.256. The van der Waals surface area contributed by atoms with E-state index in [2.05, 4.69) is 12.1 Å². The predicted molar refractivity (Wildman–Crippen MR) is 90.9 cm³/mol. The van der Waals surface area contributed by atoms with E-state index in [0.717, 1.165) is 25.7 Å². The Morgan fingerprint density at radius 3 is 2.30 bits per heavy atom. The van der Waals surface area contributed by atoms with E-state index in [1.807, 2.05) is 23.1 Å². The fourth-order valence-corrected chi connectivity index (χ4v) is 5.24. The predicted octanol–water partition coefficient (Wildman–Crippen LogP) is 2.58. The number of rotatable bonds is 5. The fraction of sp³-hybridized carbons (Fsp3) is 0.611. The van der Waals surface area contributed by atoms with Crippen molar-refractivity contribution in [1.29, 1.82) is 0 Å². The quantitative estimate of drug-likeness (QED) is 0.831. The van der Waals surface area contributed by atoms with Gasteiger partial charge in [0.1, 0.15) is 9.84 Å². The number of hydrogen-bond acceptors (Lipinski definition) is 3. The maximum absolute atomic E-state index is 12.6. The SMILES string of the molecule is CS(=O)(=O)C1CC2CCC(C1)N2C(=O)CCCc1ccccc1. The fourth-order valence-electron chi connectivity index (χ4n) is 4.10. The van der Waals surface area contributed by atoms with Crippen molar-refractivity contribution in [3.05, 3.63) is 35.9 Å². The van der Waals surface area contributed by atoms with Gasteiger partial charge in [-0.05, 0) is 44.1 Å². The second-order valence-electron chi connectivity index (χ2n) is 6.95. The summed E-state index contributed by atoms with van der Waals surface area (Å²) in [6, 6.07) is 10.5. The molecule has 5 heteroatoms. The third-order valence-corrected chi connectivity index (χ3v) is 6.88. The van der Waals surface area contributed by atoms with Gasteiger partial charge in [-0.2, -0.15) is 0 Å². The lowest BCUT2D eigenvalue weighted by Gasteiger charge is -2.38. The van der Waals surface area contributed by atoms with Crippen LogP contribution >= 0.6 is 0 Å². The molecule has 2 fully saturated rings. The Kier molecular flexibility index (Phi) is 4.76. The zero-order valence-corrected chi connectivity index (χ0v) is 14.5. The number of carbonyl (C=O) groups is 1. The zero-order chi connectivity index (χ0) is 16.4. The minimum absolute atomic E-state index is 0.137. The maximum atomic E-state index is 12.6. The van der Waals surface area contributed by atoms with Crippen LogP contribution in [-0.2, 0) is 21.1 Å². The molecule has 23 heavy (non-hydrogen) atoms. The molecule has 0 spiro atoms. The highest BCUT2D eigenvalue weighted by atomic mass is 32.2. The Labute approximate surface area is 138 Å². The Balaban J connectivity index is 1.55. The van der Waals surface area contributed by atoms with Gasteiger partial charge in [0.2, 0.25) is 5.91 Å². The summed E-state index contributed by atoms with van der Waals surface area (Å²) in [5.74, 6) is 0.209. The van der Waals surface area contributed by atoms with Crippen LogP contribution in [-0.4, -0.2) is 42.8 Å². The number of piperidine rings is 1. The van der Waals surface area contributed by atoms with Crippen molar-refractivity contribution in [3.63, 3.8) is 0 Å². The summed E-state index contributed by atoms with van der Waals surface area (Å²) in [6.45, 7) is 0. The van der Waals surface area contributed by atoms with Gasteiger partial charge in [0, 0.05) is 24.8 Å². The molecule has 2 aliphatic rings. The normalized spacial score (nSPS) is 27.2. The van der Waals surface area contributed by atoms with Crippen molar-refractivity contribution in [1.82, 2.24) is 4.90 Å². The molecule has 2 heterocycles. The Bertz CT molecular complexity index is 642. The lowest BCUT2D eigenvalue weighted by molar-refractivity contribution is -0.135. The molecule has 126 valence electrons. The number of aryl methyl sites for hydroxylation is 1. The first kappa shape index (κ1) is 16.5. The molecule has 3 rings (SSSR count). The number of amides is 1. The van der Waals surface area contributed by atoms with Crippen LogP contribution in [0.2, 0.25) is 0 Å². The standard InChI is InChI=1S/C18H25NO3S/c1-23(21,22)17-12-15-10-11-16(13-17)19(15)18(20)9-5-8-14-6-3-2-4-7-14/h2-4,6-7,15-17H,5,8-13H2,1H3. The molecule has 0 saturated carbocycles. The van der Waals surface area contributed by atoms with Gasteiger partial charge in [0.15, 0.2) is 0 Å². The third kappa shape index (κ3) is 3.77. The Hall–Kier alpha value is -1.36. The lowest BCUT2D eigenvalue weighted by atomic mass is 10.0. The highest BCUT2D eigenvalue weighted by molar-refractivity contribution is 7.91. The largest absolute Gasteiger partial charge is 0.337 e. The summed E-state index contributed by atoms with van der Waals surface area (Å²) in [4.78, 5) is 14.6. The molecule has 2 saturated heterocycles. The monoisotopic (exact) mass is 335 g/mol. The Morgan fingerprint density at radius 2 is 1.74 bits per heavy atom. The molecule has 0 aromatic heterocycles. The van der Waals surface area contributed by atoms with E-state index in [1.54, 1.807) is 0 Å². The van der Waals surface area contributed by atoms with Gasteiger partial charge < -0.3 is 4.90 Å². The summed E-state index contributed by atoms with van der Waals surface area (Å²) >= 11 is 0. The van der Waals surface area contributed by atoms with Crippen LogP contribution in [0.25, 0.3) is 0 Å². The van der Waals surface area contributed by atoms with Gasteiger partial charge in [-0.15, -0.1) is 0 Å². The van der Waals surface area contributed by atoms with E-state index in [0.29, 0.717) is 19.3 Å². The Morgan fingerprint density at radius 1 is 1.13 bits per heavy atom. The van der Waals surface area contributed by atoms with E-state index < -0.39 is 9.84 Å². The number of sulfone groups is 1. The van der Waals surface area contributed by atoms with Crippen LogP contribution in [0.1, 0.15) is 44.1 Å². The number of nitrogens with zero attached hydrogens (tertiary/aromatic N) is 1. The molecule has 4 nitrogen and oxygen atoms in total. The van der Waals surface area contributed by atoms with Crippen LogP contribution in [0.5, 0.6) is 0 Å². The van der Waals surface area contributed by atoms with E-state index in [4.69, 9.17) is 0 Å². The van der Waals surface area contributed by atoms with Gasteiger partial charge in [0.25, 0.3) is 0 Å². The molecule has 0 radical (unpaired) electrons. The van der Waals surface area contributed by atoms with Crippen LogP contribution in [0, 0.1) is 0 Å². The average Bonchev–Trinajstić information content (AvgIpc) is 2.77. The van der Waals surface area contributed by atoms with E-state index >= 15 is 0 Å². The van der Waals surface area contributed by atoms with Gasteiger partial charge in [-0.1, -0.05) is 30.3 Å². The van der Waals surface area contributed by atoms with Crippen LogP contribution in [0.4, 0.5) is 0 Å². The van der Waals surface area contributed by atoms with Crippen molar-refractivity contribution >= 4 is 15.7 Å². The van der Waals surface area contributed by atoms with Gasteiger partial charge in [-0.3, -0.25) is 4.79 Å². The highest BCUT2D eigenvalue weighted by Gasteiger charge is 2.45. The summed E-state index contributed by atoms with van der Waals surface area (Å²) < 4.78 is 23.6. The molecule has 1 aromatic rings. The minimum atomic E-state index is -2.99. The second-order valence-corrected chi connectivity index (χ2v) is 9.27. The summed E-state index contributed by atoms with van der Waals surface area (Å²) in [6.07, 6.45) is 6.83. The van der Waals surface area contributed by atoms with Gasteiger partial charge >= 0.3 is 0 Å². The van der Waals surface area contributed by atoms with Crippen LogP contribution in [0.3, 0.4) is 0 Å². The zero-order valence-electron chi connectivity index (χ0n) is 13.6. The maximum Gasteiger partial charge on any atom is 0.223 e. The van der Waals surface area contributed by atoms with E-state index in [-0.39, 0.29) is 23.2 Å². The first-order valence-electron chi connectivity index (χ1n) is 8.49. The molecule has 1 aromatic carbocycles. The number of benzene rings is 1. The minimum Gasteiger partial charge on any atom is -0.337 e. The molecular formula is C18H25NO3S. The van der Waals surface area contributed by atoms with Crippen LogP contribution in [0.15, 0.2) is 30.3 Å². The summed E-state index contributed by atoms with van der Waals surface area (Å²) in [7, 11) is -2.99. The van der Waals surface area contributed by atoms with Crippen molar-refractivity contribution in [2.45, 2.75) is 62.3 Å². The van der Waals surface area contributed by atoms with Crippen molar-refractivity contribution in [2.75, 3.05) is 6.26 Å². The second kappa shape index (κ2) is 6.63. The number of hydrogen-bond donors (Lipinski definition) is 0. The topological polar surface area (TPSA) is 54.5 Å². The van der Waals surface area contributed by atoms with Gasteiger partial charge in [-0.25, -0.2) is 8.42 Å². The number of fused-ring (bicyclic) bond motifs is 2. The molecule has 2 aliphatic heterocycles. The number of carbonyl (C=O) groups excluding carboxylic acids is 1. The van der Waals surface area contributed by atoms with Crippen molar-refractivity contribution in [2.24, 2.45) is 0 Å². The molecule has 0 N–H and O–H groups in total. The third-order valence-electron chi connectivity index (χ3n) is 5.28. The first-order chi connectivity index (χ1) is 10.9.